The lowest BCUT2D eigenvalue weighted by molar-refractivity contribution is 0.619. The number of anilines is 3. The quantitative estimate of drug-likeness (QED) is 0.179. The molecule has 0 amide bonds. The van der Waals surface area contributed by atoms with Crippen LogP contribution in [-0.4, -0.2) is 4.98 Å². The molecule has 51 heavy (non-hydrogen) atoms. The first-order valence-corrected chi connectivity index (χ1v) is 17.1. The van der Waals surface area contributed by atoms with E-state index in [0.29, 0.717) is 5.89 Å². The van der Waals surface area contributed by atoms with E-state index in [0.717, 1.165) is 61.2 Å². The third kappa shape index (κ3) is 5.13. The van der Waals surface area contributed by atoms with Crippen molar-refractivity contribution in [3.63, 3.8) is 0 Å². The van der Waals surface area contributed by atoms with Crippen molar-refractivity contribution in [2.45, 2.75) is 0 Å². The molecule has 10 rings (SSSR count). The minimum absolute atomic E-state index is 0.592. The summed E-state index contributed by atoms with van der Waals surface area (Å²) in [5, 5.41) is 4.40. The third-order valence-electron chi connectivity index (χ3n) is 9.67. The van der Waals surface area contributed by atoms with E-state index in [2.05, 4.69) is 144 Å². The predicted molar refractivity (Wildman–Crippen MR) is 210 cm³/mol. The molecular formula is C47H30N2O2. The number of rotatable bonds is 6. The van der Waals surface area contributed by atoms with Crippen molar-refractivity contribution >= 4 is 60.9 Å². The highest BCUT2D eigenvalue weighted by molar-refractivity contribution is 6.17. The molecule has 0 atom stereocenters. The zero-order valence-electron chi connectivity index (χ0n) is 27.5. The van der Waals surface area contributed by atoms with Crippen molar-refractivity contribution in [2.24, 2.45) is 0 Å². The molecule has 8 aromatic carbocycles. The van der Waals surface area contributed by atoms with Gasteiger partial charge in [-0.2, -0.15) is 0 Å². The topological polar surface area (TPSA) is 42.4 Å². The van der Waals surface area contributed by atoms with Gasteiger partial charge in [-0.05, 0) is 106 Å². The van der Waals surface area contributed by atoms with Gasteiger partial charge in [0.25, 0.3) is 0 Å². The molecule has 10 aromatic rings. The van der Waals surface area contributed by atoms with Crippen LogP contribution in [0.2, 0.25) is 0 Å². The standard InChI is InChI=1S/C47H30N2O2/c1-3-10-31(11-4-1)36-16-9-17-39(29-36)49(38-22-20-33(21-23-38)37-19-18-32-12-7-8-15-35(32)28-37)40-24-25-42-41(30-40)45-43(50-42)26-27-44-46(45)48-47(51-44)34-13-5-2-6-14-34/h1-30H. The Hall–Kier alpha value is -6.91. The van der Waals surface area contributed by atoms with E-state index < -0.39 is 0 Å². The van der Waals surface area contributed by atoms with E-state index in [-0.39, 0.29) is 0 Å². The molecule has 0 saturated carbocycles. The zero-order valence-corrected chi connectivity index (χ0v) is 27.5. The normalized spacial score (nSPS) is 11.5. The molecule has 0 radical (unpaired) electrons. The zero-order chi connectivity index (χ0) is 33.7. The highest BCUT2D eigenvalue weighted by atomic mass is 16.4. The summed E-state index contributed by atoms with van der Waals surface area (Å²) in [5.74, 6) is 0.592. The molecule has 0 unspecified atom stereocenters. The van der Waals surface area contributed by atoms with Crippen LogP contribution in [0.3, 0.4) is 0 Å². The summed E-state index contributed by atoms with van der Waals surface area (Å²) in [4.78, 5) is 7.30. The van der Waals surface area contributed by atoms with Gasteiger partial charge in [0.2, 0.25) is 5.89 Å². The second-order valence-electron chi connectivity index (χ2n) is 12.8. The number of hydrogen-bond donors (Lipinski definition) is 0. The summed E-state index contributed by atoms with van der Waals surface area (Å²) in [6.45, 7) is 0. The van der Waals surface area contributed by atoms with Gasteiger partial charge in [-0.3, -0.25) is 0 Å². The van der Waals surface area contributed by atoms with E-state index in [4.69, 9.17) is 13.8 Å². The Morgan fingerprint density at radius 3 is 1.80 bits per heavy atom. The van der Waals surface area contributed by atoms with Crippen LogP contribution in [0, 0.1) is 0 Å². The van der Waals surface area contributed by atoms with Gasteiger partial charge >= 0.3 is 0 Å². The predicted octanol–water partition coefficient (Wildman–Crippen LogP) is 13.4. The lowest BCUT2D eigenvalue weighted by atomic mass is 10.0. The van der Waals surface area contributed by atoms with Crippen LogP contribution < -0.4 is 4.90 Å². The number of hydrogen-bond acceptors (Lipinski definition) is 4. The fourth-order valence-corrected chi connectivity index (χ4v) is 7.16. The first-order valence-electron chi connectivity index (χ1n) is 17.1. The van der Waals surface area contributed by atoms with Crippen molar-refractivity contribution in [3.8, 4) is 33.7 Å². The summed E-state index contributed by atoms with van der Waals surface area (Å²) in [6, 6.07) is 63.6. The maximum atomic E-state index is 6.39. The van der Waals surface area contributed by atoms with Gasteiger partial charge in [0.15, 0.2) is 5.58 Å². The molecule has 0 fully saturated rings. The first-order chi connectivity index (χ1) is 25.2. The van der Waals surface area contributed by atoms with E-state index in [9.17, 15) is 0 Å². The van der Waals surface area contributed by atoms with E-state index >= 15 is 0 Å². The van der Waals surface area contributed by atoms with Crippen LogP contribution >= 0.6 is 0 Å². The summed E-state index contributed by atoms with van der Waals surface area (Å²) in [6.07, 6.45) is 0. The Morgan fingerprint density at radius 2 is 0.980 bits per heavy atom. The van der Waals surface area contributed by atoms with Crippen LogP contribution in [0.1, 0.15) is 0 Å². The van der Waals surface area contributed by atoms with Crippen LogP contribution in [0.4, 0.5) is 17.1 Å². The number of oxazole rings is 1. The Kier molecular flexibility index (Phi) is 6.78. The lowest BCUT2D eigenvalue weighted by Crippen LogP contribution is -2.10. The van der Waals surface area contributed by atoms with E-state index in [1.165, 1.54) is 27.5 Å². The molecule has 0 aliphatic rings. The van der Waals surface area contributed by atoms with Crippen molar-refractivity contribution in [1.82, 2.24) is 4.98 Å². The minimum Gasteiger partial charge on any atom is -0.456 e. The molecular weight excluding hydrogens is 625 g/mol. The second kappa shape index (κ2) is 11.9. The van der Waals surface area contributed by atoms with Gasteiger partial charge in [0, 0.05) is 28.0 Å². The maximum Gasteiger partial charge on any atom is 0.227 e. The lowest BCUT2D eigenvalue weighted by Gasteiger charge is -2.26. The SMILES string of the molecule is c1ccc(-c2cccc(N(c3ccc(-c4ccc5ccccc5c4)cc3)c3ccc4oc5ccc6oc(-c7ccccc7)nc6c5c4c3)c2)cc1. The largest absolute Gasteiger partial charge is 0.456 e. The van der Waals surface area contributed by atoms with Crippen LogP contribution in [0.25, 0.3) is 77.5 Å². The average Bonchev–Trinajstić information content (AvgIpc) is 3.81. The molecule has 0 spiro atoms. The van der Waals surface area contributed by atoms with Crippen molar-refractivity contribution < 1.29 is 8.83 Å². The fraction of sp³-hybridized carbons (Fsp3) is 0. The number of nitrogens with zero attached hydrogens (tertiary/aromatic N) is 2. The van der Waals surface area contributed by atoms with Crippen LogP contribution in [0.15, 0.2) is 191 Å². The van der Waals surface area contributed by atoms with Crippen LogP contribution in [-0.2, 0) is 0 Å². The van der Waals surface area contributed by atoms with Gasteiger partial charge in [-0.15, -0.1) is 0 Å². The fourth-order valence-electron chi connectivity index (χ4n) is 7.16. The molecule has 0 bridgehead atoms. The van der Waals surface area contributed by atoms with E-state index in [1.54, 1.807) is 0 Å². The van der Waals surface area contributed by atoms with Crippen molar-refractivity contribution in [2.75, 3.05) is 4.90 Å². The van der Waals surface area contributed by atoms with Gasteiger partial charge < -0.3 is 13.7 Å². The molecule has 4 heteroatoms. The number of benzene rings is 8. The number of aromatic nitrogens is 1. The molecule has 0 N–H and O–H groups in total. The first kappa shape index (κ1) is 29.0. The Morgan fingerprint density at radius 1 is 0.373 bits per heavy atom. The number of furan rings is 1. The molecule has 4 nitrogen and oxygen atoms in total. The molecule has 0 saturated heterocycles. The molecule has 240 valence electrons. The molecule has 0 aliphatic carbocycles. The summed E-state index contributed by atoms with van der Waals surface area (Å²) in [5.41, 5.74) is 11.8. The average molecular weight is 655 g/mol. The summed E-state index contributed by atoms with van der Waals surface area (Å²) >= 11 is 0. The van der Waals surface area contributed by atoms with Gasteiger partial charge in [0.1, 0.15) is 16.7 Å². The Bertz CT molecular complexity index is 2850. The summed E-state index contributed by atoms with van der Waals surface area (Å²) in [7, 11) is 0. The molecule has 2 aromatic heterocycles. The summed E-state index contributed by atoms with van der Waals surface area (Å²) < 4.78 is 12.7. The monoisotopic (exact) mass is 654 g/mol. The van der Waals surface area contributed by atoms with Gasteiger partial charge in [-0.1, -0.05) is 109 Å². The Labute approximate surface area is 294 Å². The highest BCUT2D eigenvalue weighted by Gasteiger charge is 2.20. The Balaban J connectivity index is 1.13. The van der Waals surface area contributed by atoms with Crippen molar-refractivity contribution in [1.29, 1.82) is 0 Å². The second-order valence-corrected chi connectivity index (χ2v) is 12.8. The molecule has 2 heterocycles. The smallest absolute Gasteiger partial charge is 0.227 e. The van der Waals surface area contributed by atoms with E-state index in [1.807, 2.05) is 42.5 Å². The minimum atomic E-state index is 0.592. The highest BCUT2D eigenvalue weighted by Crippen LogP contribution is 2.42. The van der Waals surface area contributed by atoms with Crippen LogP contribution in [0.5, 0.6) is 0 Å². The number of fused-ring (bicyclic) bond motifs is 6. The maximum absolute atomic E-state index is 6.39. The van der Waals surface area contributed by atoms with Crippen molar-refractivity contribution in [3.05, 3.63) is 182 Å². The third-order valence-corrected chi connectivity index (χ3v) is 9.67. The molecule has 0 aliphatic heterocycles. The van der Waals surface area contributed by atoms with Gasteiger partial charge in [-0.25, -0.2) is 4.98 Å². The van der Waals surface area contributed by atoms with Gasteiger partial charge in [0.05, 0.1) is 5.39 Å².